The maximum absolute atomic E-state index is 12.2. The molecule has 0 saturated carbocycles. The number of rotatable bonds is 8. The van der Waals surface area contributed by atoms with Crippen LogP contribution in [0.3, 0.4) is 0 Å². The first kappa shape index (κ1) is 19.5. The van der Waals surface area contributed by atoms with E-state index < -0.39 is 0 Å². The molecule has 0 spiro atoms. The lowest BCUT2D eigenvalue weighted by Crippen LogP contribution is -2.41. The highest BCUT2D eigenvalue weighted by Crippen LogP contribution is 2.17. The van der Waals surface area contributed by atoms with E-state index in [0.717, 1.165) is 22.6 Å². The Morgan fingerprint density at radius 1 is 1.12 bits per heavy atom. The van der Waals surface area contributed by atoms with Gasteiger partial charge >= 0.3 is 0 Å². The van der Waals surface area contributed by atoms with Crippen LogP contribution in [0.1, 0.15) is 23.1 Å². The molecule has 0 aliphatic carbocycles. The SMILES string of the molecule is Cc1ccc(CCC(=O)NCC(Cc2ccccc2)N(C)C)cc1Cl. The number of aryl methyl sites for hydroxylation is 2. The summed E-state index contributed by atoms with van der Waals surface area (Å²) in [7, 11) is 4.10. The van der Waals surface area contributed by atoms with E-state index in [-0.39, 0.29) is 11.9 Å². The number of nitrogens with zero attached hydrogens (tertiary/aromatic N) is 1. The minimum Gasteiger partial charge on any atom is -0.355 e. The summed E-state index contributed by atoms with van der Waals surface area (Å²) in [5.74, 6) is 0.0802. The molecule has 1 N–H and O–H groups in total. The van der Waals surface area contributed by atoms with Gasteiger partial charge in [0.05, 0.1) is 0 Å². The first-order valence-electron chi connectivity index (χ1n) is 8.68. The molecular weight excluding hydrogens is 332 g/mol. The van der Waals surface area contributed by atoms with E-state index >= 15 is 0 Å². The molecule has 0 radical (unpaired) electrons. The molecule has 2 aromatic carbocycles. The standard InChI is InChI=1S/C21H27ClN2O/c1-16-9-10-18(14-20(16)22)11-12-21(25)23-15-19(24(2)3)13-17-7-5-4-6-8-17/h4-10,14,19H,11-13,15H2,1-3H3,(H,23,25). The summed E-state index contributed by atoms with van der Waals surface area (Å²) in [6, 6.07) is 16.6. The maximum atomic E-state index is 12.2. The third-order valence-corrected chi connectivity index (χ3v) is 4.86. The number of carbonyl (C=O) groups excluding carboxylic acids is 1. The Balaban J connectivity index is 1.81. The minimum atomic E-state index is 0.0802. The zero-order chi connectivity index (χ0) is 18.2. The van der Waals surface area contributed by atoms with Gasteiger partial charge in [-0.2, -0.15) is 0 Å². The van der Waals surface area contributed by atoms with Gasteiger partial charge in [0.15, 0.2) is 0 Å². The number of hydrogen-bond donors (Lipinski definition) is 1. The van der Waals surface area contributed by atoms with Gasteiger partial charge in [0.25, 0.3) is 0 Å². The molecule has 2 aromatic rings. The molecule has 0 aromatic heterocycles. The van der Waals surface area contributed by atoms with Gasteiger partial charge in [0.1, 0.15) is 0 Å². The molecule has 2 rings (SSSR count). The Bertz CT molecular complexity index is 686. The summed E-state index contributed by atoms with van der Waals surface area (Å²) in [5, 5.41) is 3.82. The third kappa shape index (κ3) is 6.52. The topological polar surface area (TPSA) is 32.3 Å². The largest absolute Gasteiger partial charge is 0.355 e. The summed E-state index contributed by atoms with van der Waals surface area (Å²) in [4.78, 5) is 14.3. The normalized spacial score (nSPS) is 12.2. The van der Waals surface area contributed by atoms with Crippen LogP contribution in [0.25, 0.3) is 0 Å². The maximum Gasteiger partial charge on any atom is 0.220 e. The van der Waals surface area contributed by atoms with Crippen molar-refractivity contribution in [2.45, 2.75) is 32.2 Å². The molecule has 4 heteroatoms. The predicted molar refractivity (Wildman–Crippen MR) is 105 cm³/mol. The molecule has 0 fully saturated rings. The molecule has 1 unspecified atom stereocenters. The summed E-state index contributed by atoms with van der Waals surface area (Å²) < 4.78 is 0. The van der Waals surface area contributed by atoms with Crippen molar-refractivity contribution in [3.05, 3.63) is 70.2 Å². The Labute approximate surface area is 156 Å². The molecule has 0 heterocycles. The lowest BCUT2D eigenvalue weighted by atomic mass is 10.0. The van der Waals surface area contributed by atoms with Gasteiger partial charge < -0.3 is 10.2 Å². The average Bonchev–Trinajstić information content (AvgIpc) is 2.60. The predicted octanol–water partition coefficient (Wildman–Crippen LogP) is 3.87. The van der Waals surface area contributed by atoms with Crippen LogP contribution in [-0.2, 0) is 17.6 Å². The molecule has 1 atom stereocenters. The second-order valence-electron chi connectivity index (χ2n) is 6.69. The van der Waals surface area contributed by atoms with Crippen LogP contribution in [0.4, 0.5) is 0 Å². The first-order valence-corrected chi connectivity index (χ1v) is 9.05. The summed E-state index contributed by atoms with van der Waals surface area (Å²) in [6.07, 6.45) is 2.10. The van der Waals surface area contributed by atoms with Crippen molar-refractivity contribution >= 4 is 17.5 Å². The van der Waals surface area contributed by atoms with E-state index in [1.165, 1.54) is 5.56 Å². The van der Waals surface area contributed by atoms with E-state index in [1.807, 2.05) is 57.4 Å². The molecule has 0 aliphatic heterocycles. The monoisotopic (exact) mass is 358 g/mol. The number of hydrogen-bond acceptors (Lipinski definition) is 2. The van der Waals surface area contributed by atoms with Crippen LogP contribution in [-0.4, -0.2) is 37.5 Å². The fraction of sp³-hybridized carbons (Fsp3) is 0.381. The number of halogens is 1. The van der Waals surface area contributed by atoms with Crippen LogP contribution < -0.4 is 5.32 Å². The smallest absolute Gasteiger partial charge is 0.220 e. The number of likely N-dealkylation sites (N-methyl/N-ethyl adjacent to an activating group) is 1. The van der Waals surface area contributed by atoms with Gasteiger partial charge in [-0.15, -0.1) is 0 Å². The van der Waals surface area contributed by atoms with Crippen molar-refractivity contribution < 1.29 is 4.79 Å². The van der Waals surface area contributed by atoms with E-state index in [4.69, 9.17) is 11.6 Å². The van der Waals surface area contributed by atoms with Gasteiger partial charge in [0.2, 0.25) is 5.91 Å². The number of nitrogens with one attached hydrogen (secondary N) is 1. The molecule has 1 amide bonds. The fourth-order valence-electron chi connectivity index (χ4n) is 2.69. The second kappa shape index (κ2) is 9.59. The van der Waals surface area contributed by atoms with Gasteiger partial charge in [-0.05, 0) is 56.6 Å². The highest BCUT2D eigenvalue weighted by molar-refractivity contribution is 6.31. The number of carbonyl (C=O) groups is 1. The van der Waals surface area contributed by atoms with Gasteiger partial charge in [-0.1, -0.05) is 54.1 Å². The van der Waals surface area contributed by atoms with E-state index in [9.17, 15) is 4.79 Å². The van der Waals surface area contributed by atoms with Crippen LogP contribution in [0.15, 0.2) is 48.5 Å². The quantitative estimate of drug-likeness (QED) is 0.776. The highest BCUT2D eigenvalue weighted by atomic mass is 35.5. The lowest BCUT2D eigenvalue weighted by Gasteiger charge is -2.24. The van der Waals surface area contributed by atoms with E-state index in [0.29, 0.717) is 19.4 Å². The molecule has 3 nitrogen and oxygen atoms in total. The van der Waals surface area contributed by atoms with Crippen molar-refractivity contribution in [3.63, 3.8) is 0 Å². The van der Waals surface area contributed by atoms with Crippen molar-refractivity contribution in [1.82, 2.24) is 10.2 Å². The zero-order valence-corrected chi connectivity index (χ0v) is 16.0. The number of amides is 1. The van der Waals surface area contributed by atoms with Crippen molar-refractivity contribution in [3.8, 4) is 0 Å². The van der Waals surface area contributed by atoms with Crippen molar-refractivity contribution in [2.24, 2.45) is 0 Å². The molecule has 0 aliphatic rings. The van der Waals surface area contributed by atoms with Crippen LogP contribution in [0.2, 0.25) is 5.02 Å². The van der Waals surface area contributed by atoms with Crippen LogP contribution >= 0.6 is 11.6 Å². The molecule has 25 heavy (non-hydrogen) atoms. The van der Waals surface area contributed by atoms with Crippen molar-refractivity contribution in [1.29, 1.82) is 0 Å². The molecule has 0 saturated heterocycles. The Morgan fingerprint density at radius 3 is 2.48 bits per heavy atom. The van der Waals surface area contributed by atoms with E-state index in [2.05, 4.69) is 22.3 Å². The first-order chi connectivity index (χ1) is 12.0. The Hall–Kier alpha value is -1.84. The second-order valence-corrected chi connectivity index (χ2v) is 7.10. The number of benzene rings is 2. The Morgan fingerprint density at radius 2 is 1.84 bits per heavy atom. The van der Waals surface area contributed by atoms with Gasteiger partial charge in [-0.3, -0.25) is 4.79 Å². The van der Waals surface area contributed by atoms with Crippen LogP contribution in [0, 0.1) is 6.92 Å². The summed E-state index contributed by atoms with van der Waals surface area (Å²) in [6.45, 7) is 2.63. The average molecular weight is 359 g/mol. The highest BCUT2D eigenvalue weighted by Gasteiger charge is 2.13. The molecule has 134 valence electrons. The summed E-state index contributed by atoms with van der Waals surface area (Å²) >= 11 is 6.14. The van der Waals surface area contributed by atoms with E-state index in [1.54, 1.807) is 0 Å². The lowest BCUT2D eigenvalue weighted by molar-refractivity contribution is -0.121. The zero-order valence-electron chi connectivity index (χ0n) is 15.3. The fourth-order valence-corrected chi connectivity index (χ4v) is 2.90. The van der Waals surface area contributed by atoms with Gasteiger partial charge in [0, 0.05) is 24.0 Å². The summed E-state index contributed by atoms with van der Waals surface area (Å²) in [5.41, 5.74) is 3.44. The van der Waals surface area contributed by atoms with Crippen LogP contribution in [0.5, 0.6) is 0 Å². The van der Waals surface area contributed by atoms with Gasteiger partial charge in [-0.25, -0.2) is 0 Å². The third-order valence-electron chi connectivity index (χ3n) is 4.46. The minimum absolute atomic E-state index is 0.0802. The van der Waals surface area contributed by atoms with Crippen molar-refractivity contribution in [2.75, 3.05) is 20.6 Å². The Kier molecular flexibility index (Phi) is 7.48. The molecular formula is C21H27ClN2O. The molecule has 0 bridgehead atoms.